The molecular formula is C19H26F3NO2. The molecule has 0 aromatic heterocycles. The molecule has 140 valence electrons. The zero-order valence-corrected chi connectivity index (χ0v) is 14.7. The van der Waals surface area contributed by atoms with Gasteiger partial charge >= 0.3 is 6.18 Å². The minimum Gasteiger partial charge on any atom is -0.492 e. The van der Waals surface area contributed by atoms with Crippen LogP contribution in [0.4, 0.5) is 13.2 Å². The van der Waals surface area contributed by atoms with Gasteiger partial charge in [0, 0.05) is 5.92 Å². The van der Waals surface area contributed by atoms with Gasteiger partial charge < -0.3 is 10.1 Å². The summed E-state index contributed by atoms with van der Waals surface area (Å²) in [6, 6.07) is 7.68. The van der Waals surface area contributed by atoms with Crippen LogP contribution in [0.25, 0.3) is 0 Å². The molecule has 1 saturated carbocycles. The molecule has 0 heterocycles. The zero-order chi connectivity index (χ0) is 18.4. The Labute approximate surface area is 146 Å². The topological polar surface area (TPSA) is 38.3 Å². The van der Waals surface area contributed by atoms with Crippen molar-refractivity contribution in [3.05, 3.63) is 29.8 Å². The Morgan fingerprint density at radius 3 is 2.44 bits per heavy atom. The highest BCUT2D eigenvalue weighted by atomic mass is 19.4. The minimum atomic E-state index is -4.31. The van der Waals surface area contributed by atoms with Crippen LogP contribution in [0, 0.1) is 11.8 Å². The van der Waals surface area contributed by atoms with Crippen molar-refractivity contribution in [2.24, 2.45) is 11.8 Å². The first-order valence-electron chi connectivity index (χ1n) is 8.86. The summed E-state index contributed by atoms with van der Waals surface area (Å²) >= 11 is 0. The van der Waals surface area contributed by atoms with Crippen LogP contribution >= 0.6 is 0 Å². The number of carbonyl (C=O) groups is 1. The normalized spacial score (nSPS) is 21.2. The summed E-state index contributed by atoms with van der Waals surface area (Å²) in [7, 11) is 0. The predicted molar refractivity (Wildman–Crippen MR) is 90.5 cm³/mol. The lowest BCUT2D eigenvalue weighted by Gasteiger charge is -2.31. The van der Waals surface area contributed by atoms with Gasteiger partial charge in [-0.2, -0.15) is 13.2 Å². The van der Waals surface area contributed by atoms with Crippen LogP contribution in [0.15, 0.2) is 24.3 Å². The highest BCUT2D eigenvalue weighted by Crippen LogP contribution is 2.41. The van der Waals surface area contributed by atoms with Gasteiger partial charge in [0.15, 0.2) is 0 Å². The molecule has 25 heavy (non-hydrogen) atoms. The van der Waals surface area contributed by atoms with Crippen LogP contribution in [-0.4, -0.2) is 25.2 Å². The van der Waals surface area contributed by atoms with E-state index in [0.717, 1.165) is 0 Å². The first-order chi connectivity index (χ1) is 11.8. The Morgan fingerprint density at radius 1 is 1.20 bits per heavy atom. The number of amides is 1. The van der Waals surface area contributed by atoms with Gasteiger partial charge in [-0.1, -0.05) is 38.8 Å². The molecule has 1 N–H and O–H groups in total. The van der Waals surface area contributed by atoms with Crippen LogP contribution < -0.4 is 10.1 Å². The summed E-state index contributed by atoms with van der Waals surface area (Å²) < 4.78 is 44.7. The molecule has 1 aliphatic rings. The highest BCUT2D eigenvalue weighted by Gasteiger charge is 2.47. The predicted octanol–water partition coefficient (Wildman–Crippen LogP) is 4.67. The molecule has 0 aliphatic heterocycles. The molecule has 1 aromatic rings. The number of nitrogens with one attached hydrogen (secondary N) is 1. The van der Waals surface area contributed by atoms with Crippen molar-refractivity contribution < 1.29 is 22.7 Å². The van der Waals surface area contributed by atoms with Crippen molar-refractivity contribution in [3.8, 4) is 5.75 Å². The third kappa shape index (κ3) is 5.65. The summed E-state index contributed by atoms with van der Waals surface area (Å²) in [5, 5.41) is 2.59. The molecule has 0 bridgehead atoms. The Kier molecular flexibility index (Phi) is 6.73. The van der Waals surface area contributed by atoms with E-state index in [2.05, 4.69) is 19.2 Å². The quantitative estimate of drug-likeness (QED) is 0.751. The second-order valence-electron chi connectivity index (χ2n) is 6.90. The van der Waals surface area contributed by atoms with Gasteiger partial charge in [-0.15, -0.1) is 0 Å². The number of ether oxygens (including phenoxy) is 1. The molecule has 0 radical (unpaired) electrons. The van der Waals surface area contributed by atoms with E-state index >= 15 is 0 Å². The fraction of sp³-hybridized carbons (Fsp3) is 0.632. The van der Waals surface area contributed by atoms with Crippen LogP contribution in [0.5, 0.6) is 5.75 Å². The van der Waals surface area contributed by atoms with E-state index < -0.39 is 23.9 Å². The number of carbonyl (C=O) groups excluding carboxylic acids is 1. The summed E-state index contributed by atoms with van der Waals surface area (Å²) in [6.07, 6.45) is -2.77. The van der Waals surface area contributed by atoms with Crippen LogP contribution in [0.3, 0.4) is 0 Å². The minimum absolute atomic E-state index is 0.0420. The molecule has 2 unspecified atom stereocenters. The molecule has 1 fully saturated rings. The number of hydrogen-bond donors (Lipinski definition) is 1. The Bertz CT molecular complexity index is 555. The average Bonchev–Trinajstić information content (AvgIpc) is 2.58. The van der Waals surface area contributed by atoms with Crippen molar-refractivity contribution in [2.75, 3.05) is 13.2 Å². The van der Waals surface area contributed by atoms with Gasteiger partial charge in [-0.05, 0) is 36.5 Å². The van der Waals surface area contributed by atoms with E-state index in [9.17, 15) is 18.0 Å². The first-order valence-corrected chi connectivity index (χ1v) is 8.86. The van der Waals surface area contributed by atoms with E-state index in [4.69, 9.17) is 4.74 Å². The molecule has 1 aromatic carbocycles. The third-order valence-corrected chi connectivity index (χ3v) is 4.74. The number of alkyl halides is 3. The summed E-state index contributed by atoms with van der Waals surface area (Å²) in [6.45, 7) is 4.64. The Morgan fingerprint density at radius 2 is 1.84 bits per heavy atom. The second-order valence-corrected chi connectivity index (χ2v) is 6.90. The molecular weight excluding hydrogens is 331 g/mol. The monoisotopic (exact) mass is 357 g/mol. The standard InChI is InChI=1S/C19H26F3NO2/c1-13(2)14-7-9-15(10-8-14)25-12-11-23-18(24)16-5-3-4-6-17(16)19(20,21)22/h7-10,13,16-17H,3-6,11-12H2,1-2H3,(H,23,24). The average molecular weight is 357 g/mol. The largest absolute Gasteiger partial charge is 0.492 e. The van der Waals surface area contributed by atoms with Crippen LogP contribution in [0.2, 0.25) is 0 Å². The Hall–Kier alpha value is -1.72. The van der Waals surface area contributed by atoms with E-state index in [-0.39, 0.29) is 19.6 Å². The van der Waals surface area contributed by atoms with E-state index in [1.165, 1.54) is 5.56 Å². The van der Waals surface area contributed by atoms with Crippen molar-refractivity contribution >= 4 is 5.91 Å². The highest BCUT2D eigenvalue weighted by molar-refractivity contribution is 5.79. The number of hydrogen-bond acceptors (Lipinski definition) is 2. The molecule has 1 amide bonds. The summed E-state index contributed by atoms with van der Waals surface area (Å²) in [4.78, 5) is 12.1. The lowest BCUT2D eigenvalue weighted by molar-refractivity contribution is -0.198. The van der Waals surface area contributed by atoms with Gasteiger partial charge in [0.2, 0.25) is 5.91 Å². The summed E-state index contributed by atoms with van der Waals surface area (Å²) in [5.41, 5.74) is 1.20. The molecule has 0 spiro atoms. The van der Waals surface area contributed by atoms with E-state index in [1.807, 2.05) is 24.3 Å². The van der Waals surface area contributed by atoms with Crippen molar-refractivity contribution in [1.82, 2.24) is 5.32 Å². The SMILES string of the molecule is CC(C)c1ccc(OCCNC(=O)C2CCCCC2C(F)(F)F)cc1. The van der Waals surface area contributed by atoms with Gasteiger partial charge in [0.05, 0.1) is 12.5 Å². The molecule has 2 atom stereocenters. The molecule has 3 nitrogen and oxygen atoms in total. The second kappa shape index (κ2) is 8.59. The molecule has 0 saturated heterocycles. The van der Waals surface area contributed by atoms with Crippen molar-refractivity contribution in [1.29, 1.82) is 0 Å². The van der Waals surface area contributed by atoms with E-state index in [0.29, 0.717) is 30.9 Å². The molecule has 1 aliphatic carbocycles. The maximum absolute atomic E-state index is 13.0. The Balaban J connectivity index is 1.77. The zero-order valence-electron chi connectivity index (χ0n) is 14.7. The molecule has 6 heteroatoms. The van der Waals surface area contributed by atoms with Gasteiger partial charge in [0.1, 0.15) is 12.4 Å². The van der Waals surface area contributed by atoms with Crippen LogP contribution in [-0.2, 0) is 4.79 Å². The number of halogens is 3. The van der Waals surface area contributed by atoms with Crippen molar-refractivity contribution in [2.45, 2.75) is 51.6 Å². The lowest BCUT2D eigenvalue weighted by atomic mass is 9.78. The maximum atomic E-state index is 13.0. The lowest BCUT2D eigenvalue weighted by Crippen LogP contribution is -2.43. The van der Waals surface area contributed by atoms with E-state index in [1.54, 1.807) is 0 Å². The third-order valence-electron chi connectivity index (χ3n) is 4.74. The number of rotatable bonds is 6. The number of benzene rings is 1. The fourth-order valence-electron chi connectivity index (χ4n) is 3.26. The maximum Gasteiger partial charge on any atom is 0.392 e. The van der Waals surface area contributed by atoms with Gasteiger partial charge in [-0.25, -0.2) is 0 Å². The summed E-state index contributed by atoms with van der Waals surface area (Å²) in [5.74, 6) is -1.89. The van der Waals surface area contributed by atoms with Crippen LogP contribution in [0.1, 0.15) is 51.0 Å². The fourth-order valence-corrected chi connectivity index (χ4v) is 3.26. The first kappa shape index (κ1) is 19.6. The van der Waals surface area contributed by atoms with Gasteiger partial charge in [-0.3, -0.25) is 4.79 Å². The smallest absolute Gasteiger partial charge is 0.392 e. The van der Waals surface area contributed by atoms with Crippen molar-refractivity contribution in [3.63, 3.8) is 0 Å². The molecule has 2 rings (SSSR count). The van der Waals surface area contributed by atoms with Gasteiger partial charge in [0.25, 0.3) is 0 Å².